The van der Waals surface area contributed by atoms with Crippen LogP contribution in [-0.4, -0.2) is 14.3 Å². The molecule has 1 amide bonds. The summed E-state index contributed by atoms with van der Waals surface area (Å²) in [5.41, 5.74) is 2.72. The number of fused-ring (bicyclic) bond motifs is 1. The average Bonchev–Trinajstić information content (AvgIpc) is 3.37. The van der Waals surface area contributed by atoms with Crippen molar-refractivity contribution in [2.75, 3.05) is 0 Å². The van der Waals surface area contributed by atoms with Crippen LogP contribution in [-0.2, 0) is 23.0 Å². The molecule has 0 saturated heterocycles. The lowest BCUT2D eigenvalue weighted by molar-refractivity contribution is 0.0936. The van der Waals surface area contributed by atoms with Gasteiger partial charge in [0.2, 0.25) is 10.0 Å². The molecule has 1 aromatic heterocycles. The summed E-state index contributed by atoms with van der Waals surface area (Å²) in [4.78, 5) is 13.7. The Hall–Kier alpha value is -2.48. The van der Waals surface area contributed by atoms with Crippen LogP contribution in [0.15, 0.2) is 70.9 Å². The number of carbonyl (C=O) groups excluding carboxylic acids is 1. The zero-order valence-corrected chi connectivity index (χ0v) is 16.7. The first-order valence-electron chi connectivity index (χ1n) is 9.04. The Labute approximate surface area is 168 Å². The third-order valence-corrected chi connectivity index (χ3v) is 7.14. The summed E-state index contributed by atoms with van der Waals surface area (Å²) in [5, 5.41) is 4.93. The molecule has 0 bridgehead atoms. The molecule has 7 heteroatoms. The van der Waals surface area contributed by atoms with Crippen molar-refractivity contribution in [3.05, 3.63) is 87.6 Å². The molecular weight excluding hydrogens is 392 g/mol. The normalized spacial score (nSPS) is 15.9. The maximum atomic E-state index is 12.7. The molecule has 0 spiro atoms. The molecule has 1 atom stereocenters. The molecule has 3 aromatic rings. The summed E-state index contributed by atoms with van der Waals surface area (Å²) in [7, 11) is -3.69. The van der Waals surface area contributed by atoms with Gasteiger partial charge in [0, 0.05) is 17.0 Å². The number of thiophene rings is 1. The second-order valence-electron chi connectivity index (χ2n) is 6.70. The fraction of sp³-hybridized carbons (Fsp3) is 0.190. The first-order chi connectivity index (χ1) is 13.5. The Morgan fingerprint density at radius 2 is 1.93 bits per heavy atom. The maximum Gasteiger partial charge on any atom is 0.251 e. The van der Waals surface area contributed by atoms with Crippen LogP contribution in [0.5, 0.6) is 0 Å². The van der Waals surface area contributed by atoms with Crippen molar-refractivity contribution in [3.8, 4) is 0 Å². The Bertz CT molecular complexity index is 1090. The molecule has 1 heterocycles. The minimum absolute atomic E-state index is 0.0408. The predicted octanol–water partition coefficient (Wildman–Crippen LogP) is 3.64. The van der Waals surface area contributed by atoms with Crippen molar-refractivity contribution in [1.29, 1.82) is 0 Å². The van der Waals surface area contributed by atoms with Gasteiger partial charge in [0.25, 0.3) is 5.91 Å². The summed E-state index contributed by atoms with van der Waals surface area (Å²) >= 11 is 1.49. The molecule has 0 radical (unpaired) electrons. The number of hydrogen-bond acceptors (Lipinski definition) is 4. The number of sulfonamides is 1. The van der Waals surface area contributed by atoms with Gasteiger partial charge in [-0.3, -0.25) is 4.79 Å². The lowest BCUT2D eigenvalue weighted by Crippen LogP contribution is -2.28. The van der Waals surface area contributed by atoms with Crippen molar-refractivity contribution >= 4 is 27.3 Å². The lowest BCUT2D eigenvalue weighted by atomic mass is 10.1. The largest absolute Gasteiger partial charge is 0.345 e. The highest BCUT2D eigenvalue weighted by Gasteiger charge is 2.24. The summed E-state index contributed by atoms with van der Waals surface area (Å²) in [6.07, 6.45) is 1.79. The first kappa shape index (κ1) is 18.9. The summed E-state index contributed by atoms with van der Waals surface area (Å²) in [6, 6.07) is 17.9. The molecule has 1 aliphatic rings. The van der Waals surface area contributed by atoms with E-state index in [2.05, 4.69) is 16.1 Å². The molecule has 2 N–H and O–H groups in total. The van der Waals surface area contributed by atoms with E-state index in [0.29, 0.717) is 5.56 Å². The molecular formula is C21H20N2O3S2. The number of aryl methyl sites for hydroxylation is 1. The van der Waals surface area contributed by atoms with Gasteiger partial charge in [-0.05, 0) is 53.6 Å². The summed E-state index contributed by atoms with van der Waals surface area (Å²) in [5.74, 6) is -0.267. The number of hydrogen-bond donors (Lipinski definition) is 2. The zero-order chi connectivity index (χ0) is 19.6. The molecule has 28 heavy (non-hydrogen) atoms. The Morgan fingerprint density at radius 1 is 1.07 bits per heavy atom. The van der Waals surface area contributed by atoms with Crippen LogP contribution in [0.3, 0.4) is 0 Å². The number of amides is 1. The zero-order valence-electron chi connectivity index (χ0n) is 15.1. The van der Waals surface area contributed by atoms with Gasteiger partial charge in [-0.2, -0.15) is 0 Å². The van der Waals surface area contributed by atoms with Crippen molar-refractivity contribution in [2.24, 2.45) is 0 Å². The summed E-state index contributed by atoms with van der Waals surface area (Å²) < 4.78 is 27.7. The van der Waals surface area contributed by atoms with Gasteiger partial charge in [0.1, 0.15) is 0 Å². The highest BCUT2D eigenvalue weighted by molar-refractivity contribution is 7.89. The third-order valence-electron chi connectivity index (χ3n) is 4.86. The SMILES string of the molecule is O=C(N[C@@H]1CCc2ccccc21)c1cccc(S(=O)(=O)NCc2cccs2)c1. The minimum atomic E-state index is -3.69. The van der Waals surface area contributed by atoms with E-state index >= 15 is 0 Å². The Morgan fingerprint density at radius 3 is 2.75 bits per heavy atom. The van der Waals surface area contributed by atoms with E-state index in [-0.39, 0.29) is 23.4 Å². The van der Waals surface area contributed by atoms with E-state index in [0.717, 1.165) is 23.3 Å². The van der Waals surface area contributed by atoms with Gasteiger partial charge in [0.05, 0.1) is 10.9 Å². The molecule has 2 aromatic carbocycles. The van der Waals surface area contributed by atoms with Crippen LogP contribution in [0.25, 0.3) is 0 Å². The minimum Gasteiger partial charge on any atom is -0.345 e. The highest BCUT2D eigenvalue weighted by atomic mass is 32.2. The molecule has 5 nitrogen and oxygen atoms in total. The van der Waals surface area contributed by atoms with Gasteiger partial charge in [-0.25, -0.2) is 13.1 Å². The highest BCUT2D eigenvalue weighted by Crippen LogP contribution is 2.31. The fourth-order valence-corrected chi connectivity index (χ4v) is 5.20. The van der Waals surface area contributed by atoms with Crippen LogP contribution in [0.4, 0.5) is 0 Å². The van der Waals surface area contributed by atoms with E-state index in [9.17, 15) is 13.2 Å². The van der Waals surface area contributed by atoms with Crippen molar-refractivity contribution < 1.29 is 13.2 Å². The topological polar surface area (TPSA) is 75.3 Å². The first-order valence-corrected chi connectivity index (χ1v) is 11.4. The summed E-state index contributed by atoms with van der Waals surface area (Å²) in [6.45, 7) is 0.231. The smallest absolute Gasteiger partial charge is 0.251 e. The van der Waals surface area contributed by atoms with E-state index in [4.69, 9.17) is 0 Å². The van der Waals surface area contributed by atoms with Crippen molar-refractivity contribution in [1.82, 2.24) is 10.0 Å². The monoisotopic (exact) mass is 412 g/mol. The Kier molecular flexibility index (Phi) is 5.30. The van der Waals surface area contributed by atoms with E-state index in [1.807, 2.05) is 35.7 Å². The Balaban J connectivity index is 1.48. The van der Waals surface area contributed by atoms with Crippen LogP contribution in [0.1, 0.15) is 38.8 Å². The second-order valence-corrected chi connectivity index (χ2v) is 9.49. The van der Waals surface area contributed by atoms with Crippen LogP contribution in [0.2, 0.25) is 0 Å². The third kappa shape index (κ3) is 4.01. The number of benzene rings is 2. The molecule has 4 rings (SSSR count). The standard InChI is InChI=1S/C21H20N2O3S2/c24-21(23-20-11-10-15-5-1-2-9-19(15)20)16-6-3-8-18(13-16)28(25,26)22-14-17-7-4-12-27-17/h1-9,12-13,20,22H,10-11,14H2,(H,23,24)/t20-/m1/s1. The van der Waals surface area contributed by atoms with Gasteiger partial charge >= 0.3 is 0 Å². The molecule has 0 aliphatic heterocycles. The molecule has 0 saturated carbocycles. The van der Waals surface area contributed by atoms with Gasteiger partial charge in [-0.15, -0.1) is 11.3 Å². The molecule has 144 valence electrons. The molecule has 0 fully saturated rings. The van der Waals surface area contributed by atoms with Gasteiger partial charge < -0.3 is 5.32 Å². The second kappa shape index (κ2) is 7.87. The van der Waals surface area contributed by atoms with Crippen LogP contribution in [0, 0.1) is 0 Å². The number of rotatable bonds is 6. The molecule has 1 aliphatic carbocycles. The maximum absolute atomic E-state index is 12.7. The lowest BCUT2D eigenvalue weighted by Gasteiger charge is -2.14. The number of carbonyl (C=O) groups is 1. The predicted molar refractivity (Wildman–Crippen MR) is 110 cm³/mol. The van der Waals surface area contributed by atoms with E-state index < -0.39 is 10.0 Å². The number of nitrogens with one attached hydrogen (secondary N) is 2. The van der Waals surface area contributed by atoms with E-state index in [1.165, 1.54) is 29.0 Å². The quantitative estimate of drug-likeness (QED) is 0.649. The fourth-order valence-electron chi connectivity index (χ4n) is 3.42. The van der Waals surface area contributed by atoms with Crippen LogP contribution >= 0.6 is 11.3 Å². The van der Waals surface area contributed by atoms with E-state index in [1.54, 1.807) is 12.1 Å². The average molecular weight is 413 g/mol. The van der Waals surface area contributed by atoms with Crippen molar-refractivity contribution in [3.63, 3.8) is 0 Å². The van der Waals surface area contributed by atoms with Crippen LogP contribution < -0.4 is 10.0 Å². The van der Waals surface area contributed by atoms with Gasteiger partial charge in [-0.1, -0.05) is 36.4 Å². The molecule has 0 unspecified atom stereocenters. The van der Waals surface area contributed by atoms with Gasteiger partial charge in [0.15, 0.2) is 0 Å². The van der Waals surface area contributed by atoms with Crippen molar-refractivity contribution in [2.45, 2.75) is 30.3 Å².